The zero-order valence-electron chi connectivity index (χ0n) is 18.7. The molecule has 1 heterocycles. The van der Waals surface area contributed by atoms with Crippen LogP contribution in [0.4, 0.5) is 0 Å². The van der Waals surface area contributed by atoms with Gasteiger partial charge >= 0.3 is 13.1 Å². The number of aliphatic hydroxyl groups excluding tert-OH is 1. The first kappa shape index (κ1) is 26.8. The number of nitrogens with two attached hydrogens (primary N) is 1. The van der Waals surface area contributed by atoms with Gasteiger partial charge in [-0.1, -0.05) is 18.6 Å². The van der Waals surface area contributed by atoms with Crippen LogP contribution in [0.1, 0.15) is 31.4 Å². The van der Waals surface area contributed by atoms with E-state index in [2.05, 4.69) is 0 Å². The van der Waals surface area contributed by atoms with Gasteiger partial charge in [-0.2, -0.15) is 0 Å². The highest BCUT2D eigenvalue weighted by molar-refractivity contribution is 6.40. The molecule has 12 heteroatoms. The number of carbonyl (C=O) groups is 2. The number of unbranched alkanes of at least 4 members (excludes halogenated alkanes) is 1. The molecule has 8 N–H and O–H groups in total. The van der Waals surface area contributed by atoms with Gasteiger partial charge in [0.1, 0.15) is 29.2 Å². The summed E-state index contributed by atoms with van der Waals surface area (Å²) in [5.41, 5.74) is 5.85. The average molecular weight is 476 g/mol. The summed E-state index contributed by atoms with van der Waals surface area (Å²) in [6.45, 7) is 1.71. The maximum atomic E-state index is 12.6. The van der Waals surface area contributed by atoms with Crippen molar-refractivity contribution in [2.24, 2.45) is 5.73 Å². The number of phenolic OH excluding ortho intramolecular Hbond substituents is 2. The molecule has 0 aliphatic carbocycles. The number of carboxylic acids is 1. The lowest BCUT2D eigenvalue weighted by Crippen LogP contribution is -2.56. The number of rotatable bonds is 11. The Morgan fingerprint density at radius 1 is 1.24 bits per heavy atom. The van der Waals surface area contributed by atoms with Crippen molar-refractivity contribution < 1.29 is 44.8 Å². The quantitative estimate of drug-likeness (QED) is 0.0603. The molecule has 1 atom stereocenters. The third kappa shape index (κ3) is 7.01. The van der Waals surface area contributed by atoms with Crippen LogP contribution in [0.5, 0.6) is 11.5 Å². The number of amides is 1. The van der Waals surface area contributed by atoms with E-state index < -0.39 is 48.2 Å². The van der Waals surface area contributed by atoms with E-state index in [0.717, 1.165) is 0 Å². The molecule has 1 unspecified atom stereocenters. The number of likely N-dealkylation sites (tertiary alicyclic amines) is 1. The molecule has 1 aromatic carbocycles. The Morgan fingerprint density at radius 2 is 1.91 bits per heavy atom. The normalized spacial score (nSPS) is 16.1. The van der Waals surface area contributed by atoms with Gasteiger partial charge in [-0.05, 0) is 49.5 Å². The van der Waals surface area contributed by atoms with E-state index in [-0.39, 0.29) is 30.9 Å². The van der Waals surface area contributed by atoms with E-state index in [1.807, 2.05) is 0 Å². The minimum Gasteiger partial charge on any atom is -0.507 e. The van der Waals surface area contributed by atoms with Crippen molar-refractivity contribution >= 4 is 19.0 Å². The van der Waals surface area contributed by atoms with E-state index in [4.69, 9.17) is 20.5 Å². The molecule has 0 bridgehead atoms. The summed E-state index contributed by atoms with van der Waals surface area (Å²) in [6.07, 6.45) is 4.65. The predicted molar refractivity (Wildman–Crippen MR) is 123 cm³/mol. The molecule has 0 spiro atoms. The van der Waals surface area contributed by atoms with Crippen molar-refractivity contribution in [3.05, 3.63) is 59.1 Å². The number of aliphatic carboxylic acids is 1. The number of benzene rings is 1. The fraction of sp³-hybridized carbons (Fsp3) is 0.364. The minimum atomic E-state index is -1.43. The first-order chi connectivity index (χ1) is 16.0. The van der Waals surface area contributed by atoms with Gasteiger partial charge in [-0.3, -0.25) is 4.79 Å². The second kappa shape index (κ2) is 12.1. The average Bonchev–Trinajstić information content (AvgIpc) is 2.75. The summed E-state index contributed by atoms with van der Waals surface area (Å²) in [5, 5.41) is 56.4. The monoisotopic (exact) mass is 476 g/mol. The Balaban J connectivity index is 2.08. The predicted octanol–water partition coefficient (Wildman–Crippen LogP) is 0.935. The van der Waals surface area contributed by atoms with Crippen molar-refractivity contribution in [3.8, 4) is 11.5 Å². The number of aliphatic hydroxyl groups is 1. The van der Waals surface area contributed by atoms with Gasteiger partial charge in [0.05, 0.1) is 13.1 Å². The van der Waals surface area contributed by atoms with Crippen LogP contribution in [0.25, 0.3) is 0 Å². The van der Waals surface area contributed by atoms with Crippen LogP contribution in [0.15, 0.2) is 53.5 Å². The number of allylic oxidation sites excluding steroid dienone is 3. The highest BCUT2D eigenvalue weighted by Gasteiger charge is 2.36. The van der Waals surface area contributed by atoms with Crippen molar-refractivity contribution in [2.45, 2.75) is 38.2 Å². The van der Waals surface area contributed by atoms with Crippen LogP contribution in [0.2, 0.25) is 6.32 Å². The Labute approximate surface area is 196 Å². The van der Waals surface area contributed by atoms with Crippen molar-refractivity contribution in [1.82, 2.24) is 4.90 Å². The molecular formula is C22H29BN2O9. The van der Waals surface area contributed by atoms with E-state index in [9.17, 15) is 30.0 Å². The van der Waals surface area contributed by atoms with Gasteiger partial charge in [0.25, 0.3) is 0 Å². The second-order valence-electron chi connectivity index (χ2n) is 7.74. The molecule has 34 heavy (non-hydrogen) atoms. The highest BCUT2D eigenvalue weighted by Crippen LogP contribution is 2.29. The van der Waals surface area contributed by atoms with Crippen LogP contribution in [-0.2, 0) is 14.3 Å². The zero-order valence-corrected chi connectivity index (χ0v) is 18.7. The summed E-state index contributed by atoms with van der Waals surface area (Å²) in [7, 11) is -1.43. The van der Waals surface area contributed by atoms with Crippen LogP contribution >= 0.6 is 0 Å². The molecule has 0 radical (unpaired) electrons. The third-order valence-electron chi connectivity index (χ3n) is 5.17. The minimum absolute atomic E-state index is 0.0995. The lowest BCUT2D eigenvalue weighted by Gasteiger charge is -2.40. The highest BCUT2D eigenvalue weighted by atomic mass is 16.5. The molecule has 1 fully saturated rings. The lowest BCUT2D eigenvalue weighted by atomic mass is 9.84. The number of ether oxygens (including phenoxy) is 1. The molecule has 1 aromatic rings. The Bertz CT molecular complexity index is 985. The summed E-state index contributed by atoms with van der Waals surface area (Å²) in [5.74, 6) is -3.16. The smallest absolute Gasteiger partial charge is 0.451 e. The number of carbonyl (C=O) groups excluding carboxylic acids is 1. The molecule has 1 aliphatic rings. The SMILES string of the molecule is C\C=C(O)/C(C(=O)O)=C(\C=C/CCCB(O)O)OC1CN(C(=O)C(N)c2ccc(O)c(O)c2)C1. The van der Waals surface area contributed by atoms with E-state index >= 15 is 0 Å². The molecule has 184 valence electrons. The van der Waals surface area contributed by atoms with E-state index in [1.165, 1.54) is 42.2 Å². The largest absolute Gasteiger partial charge is 0.507 e. The lowest BCUT2D eigenvalue weighted by molar-refractivity contribution is -0.144. The summed E-state index contributed by atoms with van der Waals surface area (Å²) < 4.78 is 5.77. The second-order valence-corrected chi connectivity index (χ2v) is 7.74. The molecule has 1 saturated heterocycles. The number of nitrogens with zero attached hydrogens (tertiary/aromatic N) is 1. The first-order valence-corrected chi connectivity index (χ1v) is 10.6. The van der Waals surface area contributed by atoms with Crippen LogP contribution in [0.3, 0.4) is 0 Å². The fourth-order valence-electron chi connectivity index (χ4n) is 3.22. The summed E-state index contributed by atoms with van der Waals surface area (Å²) >= 11 is 0. The fourth-order valence-corrected chi connectivity index (χ4v) is 3.22. The number of aromatic hydroxyl groups is 2. The Kier molecular flexibility index (Phi) is 9.54. The molecule has 0 saturated carbocycles. The number of hydrogen-bond acceptors (Lipinski definition) is 9. The topological polar surface area (TPSA) is 194 Å². The zero-order chi connectivity index (χ0) is 25.4. The third-order valence-corrected chi connectivity index (χ3v) is 5.17. The van der Waals surface area contributed by atoms with Crippen LogP contribution < -0.4 is 5.73 Å². The first-order valence-electron chi connectivity index (χ1n) is 10.6. The van der Waals surface area contributed by atoms with Crippen LogP contribution in [0, 0.1) is 0 Å². The molecule has 1 aliphatic heterocycles. The van der Waals surface area contributed by atoms with Crippen molar-refractivity contribution in [1.29, 1.82) is 0 Å². The van der Waals surface area contributed by atoms with Gasteiger partial charge < -0.3 is 45.8 Å². The Morgan fingerprint density at radius 3 is 2.47 bits per heavy atom. The van der Waals surface area contributed by atoms with Gasteiger partial charge in [0.2, 0.25) is 5.91 Å². The maximum Gasteiger partial charge on any atom is 0.451 e. The molecular weight excluding hydrogens is 447 g/mol. The molecule has 11 nitrogen and oxygen atoms in total. The summed E-state index contributed by atoms with van der Waals surface area (Å²) in [4.78, 5) is 25.8. The number of hydrogen-bond donors (Lipinski definition) is 7. The standard InChI is InChI=1S/C22H29BN2O9/c1-2-15(26)19(22(30)31)18(6-4-3-5-9-23(32)33)34-14-11-25(12-14)21(29)20(24)13-7-8-16(27)17(28)10-13/h2,4,6-8,10,14,20,26-28,32-33H,3,5,9,11-12,24H2,1H3,(H,30,31)/b6-4-,15-2+,19-18-. The van der Waals surface area contributed by atoms with Crippen molar-refractivity contribution in [3.63, 3.8) is 0 Å². The number of phenols is 2. The van der Waals surface area contributed by atoms with Crippen LogP contribution in [-0.4, -0.2) is 73.6 Å². The van der Waals surface area contributed by atoms with Gasteiger partial charge in [0.15, 0.2) is 11.5 Å². The summed E-state index contributed by atoms with van der Waals surface area (Å²) in [6, 6.07) is 2.77. The maximum absolute atomic E-state index is 12.6. The Hall–Kier alpha value is -3.48. The molecule has 2 rings (SSSR count). The van der Waals surface area contributed by atoms with Gasteiger partial charge in [-0.25, -0.2) is 4.79 Å². The van der Waals surface area contributed by atoms with Gasteiger partial charge in [-0.15, -0.1) is 0 Å². The van der Waals surface area contributed by atoms with Crippen molar-refractivity contribution in [2.75, 3.05) is 13.1 Å². The number of carboxylic acid groups (broad SMARTS) is 1. The van der Waals surface area contributed by atoms with Gasteiger partial charge in [0, 0.05) is 0 Å². The van der Waals surface area contributed by atoms with E-state index in [1.54, 1.807) is 6.08 Å². The molecule has 1 amide bonds. The van der Waals surface area contributed by atoms with E-state index in [0.29, 0.717) is 18.4 Å². The molecule has 0 aromatic heterocycles.